The van der Waals surface area contributed by atoms with Gasteiger partial charge in [-0.2, -0.15) is 13.2 Å². The maximum Gasteiger partial charge on any atom is 0.416 e. The monoisotopic (exact) mass is 423 g/mol. The van der Waals surface area contributed by atoms with Gasteiger partial charge in [0.05, 0.1) is 17.7 Å². The third-order valence-electron chi connectivity index (χ3n) is 4.02. The Balaban J connectivity index is 1.94. The zero-order valence-electron chi connectivity index (χ0n) is 16.8. The van der Waals surface area contributed by atoms with Gasteiger partial charge in [0.1, 0.15) is 12.4 Å². The number of nitrogens with zero attached hydrogens (tertiary/aromatic N) is 1. The molecule has 2 rings (SSSR count). The van der Waals surface area contributed by atoms with E-state index in [0.29, 0.717) is 29.0 Å². The van der Waals surface area contributed by atoms with Crippen molar-refractivity contribution in [2.75, 3.05) is 13.2 Å². The quantitative estimate of drug-likeness (QED) is 0.325. The minimum atomic E-state index is -4.39. The highest BCUT2D eigenvalue weighted by molar-refractivity contribution is 6.00. The zero-order valence-corrected chi connectivity index (χ0v) is 16.8. The molecule has 0 aliphatic heterocycles. The van der Waals surface area contributed by atoms with Gasteiger partial charge < -0.3 is 14.7 Å². The van der Waals surface area contributed by atoms with Gasteiger partial charge >= 0.3 is 12.1 Å². The SMILES string of the molecule is CC(C)C/C(=N\OCCOc1cccc(CC(=O)O)c1)c1ccc(C(F)(F)F)cc1. The maximum absolute atomic E-state index is 12.7. The molecular formula is C22H24F3NO4. The van der Waals surface area contributed by atoms with Gasteiger partial charge in [0.25, 0.3) is 0 Å². The van der Waals surface area contributed by atoms with Crippen LogP contribution in [0.2, 0.25) is 0 Å². The first-order valence-electron chi connectivity index (χ1n) is 9.45. The van der Waals surface area contributed by atoms with E-state index in [0.717, 1.165) is 12.1 Å². The van der Waals surface area contributed by atoms with Crippen LogP contribution in [0, 0.1) is 5.92 Å². The van der Waals surface area contributed by atoms with Gasteiger partial charge in [-0.05, 0) is 47.7 Å². The van der Waals surface area contributed by atoms with Gasteiger partial charge in [-0.15, -0.1) is 0 Å². The van der Waals surface area contributed by atoms with Crippen molar-refractivity contribution < 1.29 is 32.6 Å². The van der Waals surface area contributed by atoms with Gasteiger partial charge in [0.15, 0.2) is 6.61 Å². The van der Waals surface area contributed by atoms with Crippen LogP contribution in [0.3, 0.4) is 0 Å². The highest BCUT2D eigenvalue weighted by atomic mass is 19.4. The topological polar surface area (TPSA) is 68.1 Å². The van der Waals surface area contributed by atoms with E-state index in [4.69, 9.17) is 14.7 Å². The Morgan fingerprint density at radius 1 is 1.10 bits per heavy atom. The average Bonchev–Trinajstić information content (AvgIpc) is 2.66. The third kappa shape index (κ3) is 7.77. The minimum absolute atomic E-state index is 0.0936. The smallest absolute Gasteiger partial charge is 0.416 e. The summed E-state index contributed by atoms with van der Waals surface area (Å²) >= 11 is 0. The maximum atomic E-state index is 12.7. The summed E-state index contributed by atoms with van der Waals surface area (Å²) in [6.45, 7) is 4.27. The summed E-state index contributed by atoms with van der Waals surface area (Å²) in [6, 6.07) is 11.6. The molecule has 2 aromatic rings. The first-order chi connectivity index (χ1) is 14.1. The van der Waals surface area contributed by atoms with Crippen LogP contribution in [0.5, 0.6) is 5.75 Å². The predicted molar refractivity (Wildman–Crippen MR) is 107 cm³/mol. The van der Waals surface area contributed by atoms with Crippen LogP contribution in [-0.2, 0) is 22.2 Å². The van der Waals surface area contributed by atoms with Crippen LogP contribution in [0.4, 0.5) is 13.2 Å². The van der Waals surface area contributed by atoms with Gasteiger partial charge in [0.2, 0.25) is 0 Å². The molecule has 0 fully saturated rings. The summed E-state index contributed by atoms with van der Waals surface area (Å²) in [6.07, 6.45) is -3.93. The fourth-order valence-corrected chi connectivity index (χ4v) is 2.69. The molecule has 0 amide bonds. The van der Waals surface area contributed by atoms with Crippen molar-refractivity contribution in [1.29, 1.82) is 0 Å². The summed E-state index contributed by atoms with van der Waals surface area (Å²) in [4.78, 5) is 16.1. The van der Waals surface area contributed by atoms with E-state index < -0.39 is 17.7 Å². The number of alkyl halides is 3. The van der Waals surface area contributed by atoms with E-state index in [-0.39, 0.29) is 25.6 Å². The number of aliphatic carboxylic acids is 1. The van der Waals surface area contributed by atoms with E-state index in [1.54, 1.807) is 24.3 Å². The molecule has 0 bridgehead atoms. The Morgan fingerprint density at radius 2 is 1.80 bits per heavy atom. The van der Waals surface area contributed by atoms with Crippen molar-refractivity contribution in [3.05, 3.63) is 65.2 Å². The Kier molecular flexibility index (Phi) is 8.26. The van der Waals surface area contributed by atoms with Crippen molar-refractivity contribution in [1.82, 2.24) is 0 Å². The lowest BCUT2D eigenvalue weighted by Crippen LogP contribution is -2.10. The van der Waals surface area contributed by atoms with Gasteiger partial charge in [-0.3, -0.25) is 4.79 Å². The minimum Gasteiger partial charge on any atom is -0.490 e. The standard InChI is InChI=1S/C22H24F3NO4/c1-15(2)12-20(17-6-8-18(9-7-17)22(23,24)25)26-30-11-10-29-19-5-3-4-16(13-19)14-21(27)28/h3-9,13,15H,10-12,14H2,1-2H3,(H,27,28)/b26-20+. The number of ether oxygens (including phenoxy) is 1. The van der Waals surface area contributed by atoms with E-state index in [1.807, 2.05) is 13.8 Å². The Hall–Kier alpha value is -3.03. The molecule has 162 valence electrons. The normalized spacial score (nSPS) is 12.1. The number of carbonyl (C=O) groups is 1. The molecule has 0 spiro atoms. The number of hydrogen-bond acceptors (Lipinski definition) is 4. The number of halogens is 3. The van der Waals surface area contributed by atoms with Gasteiger partial charge in [-0.25, -0.2) is 0 Å². The van der Waals surface area contributed by atoms with E-state index in [2.05, 4.69) is 5.16 Å². The largest absolute Gasteiger partial charge is 0.490 e. The predicted octanol–water partition coefficient (Wildman–Crippen LogP) is 5.18. The van der Waals surface area contributed by atoms with Crippen molar-refractivity contribution in [2.24, 2.45) is 11.1 Å². The lowest BCUT2D eigenvalue weighted by Gasteiger charge is -2.12. The number of carboxylic acids is 1. The van der Waals surface area contributed by atoms with Gasteiger partial charge in [0, 0.05) is 0 Å². The first-order valence-corrected chi connectivity index (χ1v) is 9.45. The summed E-state index contributed by atoms with van der Waals surface area (Å²) < 4.78 is 43.8. The molecule has 1 N–H and O–H groups in total. The molecule has 0 aliphatic carbocycles. The van der Waals surface area contributed by atoms with Crippen LogP contribution in [-0.4, -0.2) is 30.0 Å². The molecule has 8 heteroatoms. The van der Waals surface area contributed by atoms with Crippen molar-refractivity contribution in [3.63, 3.8) is 0 Å². The molecule has 5 nitrogen and oxygen atoms in total. The number of carboxylic acid groups (broad SMARTS) is 1. The number of rotatable bonds is 10. The number of hydrogen-bond donors (Lipinski definition) is 1. The molecule has 0 atom stereocenters. The molecular weight excluding hydrogens is 399 g/mol. The number of benzene rings is 2. The molecule has 0 saturated carbocycles. The first kappa shape index (κ1) is 23.3. The fraction of sp³-hybridized carbons (Fsp3) is 0.364. The Morgan fingerprint density at radius 3 is 2.40 bits per heavy atom. The van der Waals surface area contributed by atoms with Crippen molar-refractivity contribution in [2.45, 2.75) is 32.9 Å². The molecule has 0 radical (unpaired) electrons. The van der Waals surface area contributed by atoms with Gasteiger partial charge in [-0.1, -0.05) is 43.3 Å². The van der Waals surface area contributed by atoms with Crippen LogP contribution in [0.15, 0.2) is 53.7 Å². The molecule has 0 unspecified atom stereocenters. The third-order valence-corrected chi connectivity index (χ3v) is 4.02. The summed E-state index contributed by atoms with van der Waals surface area (Å²) in [5.74, 6) is -0.167. The average molecular weight is 423 g/mol. The second-order valence-electron chi connectivity index (χ2n) is 7.11. The lowest BCUT2D eigenvalue weighted by molar-refractivity contribution is -0.138. The summed E-state index contributed by atoms with van der Waals surface area (Å²) in [7, 11) is 0. The van der Waals surface area contributed by atoms with Crippen LogP contribution < -0.4 is 4.74 Å². The lowest BCUT2D eigenvalue weighted by atomic mass is 9.99. The summed E-state index contributed by atoms with van der Waals surface area (Å²) in [5.41, 5.74) is 1.04. The van der Waals surface area contributed by atoms with Crippen LogP contribution >= 0.6 is 0 Å². The van der Waals surface area contributed by atoms with Crippen molar-refractivity contribution >= 4 is 11.7 Å². The Labute approximate surface area is 173 Å². The Bertz CT molecular complexity index is 861. The molecule has 0 saturated heterocycles. The molecule has 0 aliphatic rings. The fourth-order valence-electron chi connectivity index (χ4n) is 2.69. The van der Waals surface area contributed by atoms with E-state index in [1.165, 1.54) is 12.1 Å². The number of oxime groups is 1. The molecule has 2 aromatic carbocycles. The van der Waals surface area contributed by atoms with Crippen molar-refractivity contribution in [3.8, 4) is 5.75 Å². The molecule has 0 aromatic heterocycles. The summed E-state index contributed by atoms with van der Waals surface area (Å²) in [5, 5.41) is 12.9. The van der Waals surface area contributed by atoms with Crippen LogP contribution in [0.25, 0.3) is 0 Å². The second-order valence-corrected chi connectivity index (χ2v) is 7.11. The van der Waals surface area contributed by atoms with Crippen LogP contribution in [0.1, 0.15) is 37.0 Å². The zero-order chi connectivity index (χ0) is 22.1. The van der Waals surface area contributed by atoms with E-state index in [9.17, 15) is 18.0 Å². The van der Waals surface area contributed by atoms with E-state index >= 15 is 0 Å². The molecule has 0 heterocycles. The molecule has 30 heavy (non-hydrogen) atoms. The second kappa shape index (κ2) is 10.7. The highest BCUT2D eigenvalue weighted by Crippen LogP contribution is 2.29. The highest BCUT2D eigenvalue weighted by Gasteiger charge is 2.30.